The highest BCUT2D eigenvalue weighted by atomic mass is 16.4. The zero-order chi connectivity index (χ0) is 23.1. The van der Waals surface area contributed by atoms with Crippen molar-refractivity contribution in [1.82, 2.24) is 20.8 Å². The minimum Gasteiger partial charge on any atom is -0.481 e. The summed E-state index contributed by atoms with van der Waals surface area (Å²) in [4.78, 5) is 42.1. The summed E-state index contributed by atoms with van der Waals surface area (Å²) in [6.45, 7) is 0.496. The van der Waals surface area contributed by atoms with E-state index in [0.717, 1.165) is 22.2 Å². The first-order chi connectivity index (χ1) is 15.3. The van der Waals surface area contributed by atoms with E-state index >= 15 is 0 Å². The second-order valence-corrected chi connectivity index (χ2v) is 6.96. The van der Waals surface area contributed by atoms with Crippen LogP contribution in [0.2, 0.25) is 0 Å². The number of fused-ring (bicyclic) bond motifs is 1. The summed E-state index contributed by atoms with van der Waals surface area (Å²) in [7, 11) is 0. The lowest BCUT2D eigenvalue weighted by molar-refractivity contribution is -0.140. The number of carbonyl (C=O) groups excluding carboxylic acids is 1. The Labute approximate surface area is 182 Å². The van der Waals surface area contributed by atoms with Crippen molar-refractivity contribution in [1.29, 1.82) is 0 Å². The van der Waals surface area contributed by atoms with Crippen LogP contribution in [0.4, 0.5) is 11.5 Å². The minimum absolute atomic E-state index is 0.165. The molecule has 0 spiro atoms. The lowest BCUT2D eigenvalue weighted by atomic mass is 10.1. The average molecular weight is 438 g/mol. The van der Waals surface area contributed by atoms with Crippen LogP contribution in [-0.4, -0.2) is 44.1 Å². The van der Waals surface area contributed by atoms with Gasteiger partial charge in [0, 0.05) is 29.6 Å². The number of hydrogen-bond acceptors (Lipinski definition) is 8. The molecule has 166 valence electrons. The van der Waals surface area contributed by atoms with Crippen LogP contribution >= 0.6 is 0 Å². The number of rotatable bonds is 10. The molecule has 0 fully saturated rings. The molecule has 0 unspecified atom stereocenters. The Kier molecular flexibility index (Phi) is 7.13. The number of nitrogens with two attached hydrogens (primary N) is 1. The van der Waals surface area contributed by atoms with Gasteiger partial charge in [0.15, 0.2) is 0 Å². The maximum Gasteiger partial charge on any atom is 0.322 e. The minimum atomic E-state index is -1.25. The van der Waals surface area contributed by atoms with Gasteiger partial charge in [-0.15, -0.1) is 0 Å². The van der Waals surface area contributed by atoms with E-state index in [1.165, 1.54) is 6.33 Å². The van der Waals surface area contributed by atoms with Crippen LogP contribution in [-0.2, 0) is 16.1 Å². The Balaban J connectivity index is 1.55. The second-order valence-electron chi connectivity index (χ2n) is 6.96. The van der Waals surface area contributed by atoms with Gasteiger partial charge < -0.3 is 21.3 Å². The number of benzene rings is 2. The van der Waals surface area contributed by atoms with Crippen molar-refractivity contribution >= 4 is 40.3 Å². The van der Waals surface area contributed by atoms with Crippen LogP contribution in [0.5, 0.6) is 0 Å². The molecule has 7 N–H and O–H groups in total. The van der Waals surface area contributed by atoms with E-state index in [-0.39, 0.29) is 12.8 Å². The van der Waals surface area contributed by atoms with Crippen molar-refractivity contribution in [3.8, 4) is 0 Å². The van der Waals surface area contributed by atoms with Gasteiger partial charge in [0.2, 0.25) is 0 Å². The third-order valence-corrected chi connectivity index (χ3v) is 4.68. The highest BCUT2D eigenvalue weighted by molar-refractivity contribution is 5.94. The van der Waals surface area contributed by atoms with Gasteiger partial charge in [-0.3, -0.25) is 19.8 Å². The van der Waals surface area contributed by atoms with Gasteiger partial charge in [0.05, 0.1) is 5.52 Å². The molecule has 0 bridgehead atoms. The average Bonchev–Trinajstić information content (AvgIpc) is 2.78. The molecule has 32 heavy (non-hydrogen) atoms. The van der Waals surface area contributed by atoms with Crippen molar-refractivity contribution in [2.45, 2.75) is 25.4 Å². The highest BCUT2D eigenvalue weighted by Gasteiger charge is 2.19. The molecule has 0 saturated carbocycles. The fourth-order valence-electron chi connectivity index (χ4n) is 2.91. The van der Waals surface area contributed by atoms with Crippen molar-refractivity contribution < 1.29 is 24.6 Å². The Morgan fingerprint density at radius 1 is 1.03 bits per heavy atom. The summed E-state index contributed by atoms with van der Waals surface area (Å²) < 4.78 is 0. The first-order valence-corrected chi connectivity index (χ1v) is 9.67. The zero-order valence-corrected chi connectivity index (χ0v) is 16.9. The van der Waals surface area contributed by atoms with E-state index in [9.17, 15) is 14.4 Å². The predicted molar refractivity (Wildman–Crippen MR) is 117 cm³/mol. The van der Waals surface area contributed by atoms with Crippen LogP contribution in [0, 0.1) is 0 Å². The van der Waals surface area contributed by atoms with Crippen molar-refractivity contribution in [3.63, 3.8) is 0 Å². The van der Waals surface area contributed by atoms with Crippen LogP contribution in [0.1, 0.15) is 28.8 Å². The number of nitrogens with one attached hydrogen (secondary N) is 3. The lowest BCUT2D eigenvalue weighted by Crippen LogP contribution is -2.48. The van der Waals surface area contributed by atoms with Crippen LogP contribution in [0.15, 0.2) is 48.8 Å². The maximum atomic E-state index is 12.2. The molecule has 11 heteroatoms. The standard InChI is InChI=1S/C21H22N6O5/c22-19-15-9-14(5-6-16(15)24-11-25-19)23-10-12-1-3-13(4-2-12)20(30)27-26-17(21(31)32)7-8-18(28)29/h1-6,9,11,17,23,26H,7-8,10H2,(H,27,30)(H,28,29)(H,31,32)(H2,22,24,25)/t17-/m0/s1. The number of carboxylic acid groups (broad SMARTS) is 2. The third kappa shape index (κ3) is 5.89. The topological polar surface area (TPSA) is 180 Å². The van der Waals surface area contributed by atoms with Crippen molar-refractivity contribution in [2.24, 2.45) is 0 Å². The zero-order valence-electron chi connectivity index (χ0n) is 16.9. The van der Waals surface area contributed by atoms with E-state index in [2.05, 4.69) is 26.1 Å². The van der Waals surface area contributed by atoms with E-state index < -0.39 is 23.9 Å². The molecule has 1 atom stereocenters. The quantitative estimate of drug-likeness (QED) is 0.253. The van der Waals surface area contributed by atoms with Crippen molar-refractivity contribution in [2.75, 3.05) is 11.1 Å². The number of aromatic nitrogens is 2. The summed E-state index contributed by atoms with van der Waals surface area (Å²) in [6, 6.07) is 11.1. The summed E-state index contributed by atoms with van der Waals surface area (Å²) in [5, 5.41) is 21.8. The Morgan fingerprint density at radius 3 is 2.47 bits per heavy atom. The SMILES string of the molecule is Nc1ncnc2ccc(NCc3ccc(C(=O)NN[C@@H](CCC(=O)O)C(=O)O)cc3)cc12. The van der Waals surface area contributed by atoms with Gasteiger partial charge in [-0.1, -0.05) is 12.1 Å². The monoisotopic (exact) mass is 438 g/mol. The summed E-state index contributed by atoms with van der Waals surface area (Å²) in [5.74, 6) is -2.50. The number of hydrogen-bond donors (Lipinski definition) is 6. The Hall–Kier alpha value is -4.25. The van der Waals surface area contributed by atoms with E-state index in [4.69, 9.17) is 15.9 Å². The van der Waals surface area contributed by atoms with Gasteiger partial charge in [0.1, 0.15) is 18.2 Å². The van der Waals surface area contributed by atoms with Gasteiger partial charge in [-0.05, 0) is 42.3 Å². The van der Waals surface area contributed by atoms with Gasteiger partial charge >= 0.3 is 11.9 Å². The number of anilines is 2. The molecule has 1 amide bonds. The fraction of sp³-hybridized carbons (Fsp3) is 0.190. The first kappa shape index (κ1) is 22.4. The molecular weight excluding hydrogens is 416 g/mol. The number of carbonyl (C=O) groups is 3. The number of amides is 1. The maximum absolute atomic E-state index is 12.2. The molecule has 0 saturated heterocycles. The Morgan fingerprint density at radius 2 is 1.78 bits per heavy atom. The largest absolute Gasteiger partial charge is 0.481 e. The smallest absolute Gasteiger partial charge is 0.322 e. The molecule has 0 radical (unpaired) electrons. The molecular formula is C21H22N6O5. The van der Waals surface area contributed by atoms with E-state index in [1.807, 2.05) is 18.2 Å². The van der Waals surface area contributed by atoms with Gasteiger partial charge in [-0.2, -0.15) is 0 Å². The molecule has 3 aromatic rings. The summed E-state index contributed by atoms with van der Waals surface area (Å²) in [6.07, 6.45) is 0.913. The van der Waals surface area contributed by atoms with Crippen LogP contribution < -0.4 is 21.9 Å². The highest BCUT2D eigenvalue weighted by Crippen LogP contribution is 2.21. The molecule has 3 rings (SSSR count). The van der Waals surface area contributed by atoms with E-state index in [1.54, 1.807) is 24.3 Å². The third-order valence-electron chi connectivity index (χ3n) is 4.68. The second kappa shape index (κ2) is 10.2. The number of nitrogen functional groups attached to an aromatic ring is 1. The number of carboxylic acids is 2. The molecule has 11 nitrogen and oxygen atoms in total. The van der Waals surface area contributed by atoms with Gasteiger partial charge in [-0.25, -0.2) is 15.4 Å². The van der Waals surface area contributed by atoms with Crippen molar-refractivity contribution in [3.05, 3.63) is 59.9 Å². The van der Waals surface area contributed by atoms with Gasteiger partial charge in [0.25, 0.3) is 5.91 Å². The fourth-order valence-corrected chi connectivity index (χ4v) is 2.91. The Bertz CT molecular complexity index is 1140. The summed E-state index contributed by atoms with van der Waals surface area (Å²) in [5.41, 5.74) is 13.4. The molecule has 0 aliphatic carbocycles. The van der Waals surface area contributed by atoms with Crippen LogP contribution in [0.3, 0.4) is 0 Å². The molecule has 0 aliphatic heterocycles. The normalized spacial score (nSPS) is 11.6. The lowest BCUT2D eigenvalue weighted by Gasteiger charge is -2.14. The predicted octanol–water partition coefficient (Wildman–Crippen LogP) is 1.38. The number of hydrazine groups is 1. The molecule has 1 aromatic heterocycles. The number of nitrogens with zero attached hydrogens (tertiary/aromatic N) is 2. The summed E-state index contributed by atoms with van der Waals surface area (Å²) >= 11 is 0. The molecule has 1 heterocycles. The first-order valence-electron chi connectivity index (χ1n) is 9.67. The van der Waals surface area contributed by atoms with E-state index in [0.29, 0.717) is 17.9 Å². The van der Waals surface area contributed by atoms with Crippen LogP contribution in [0.25, 0.3) is 10.9 Å². The molecule has 2 aromatic carbocycles. The number of aliphatic carboxylic acids is 2. The molecule has 0 aliphatic rings.